The van der Waals surface area contributed by atoms with Gasteiger partial charge in [0.25, 0.3) is 0 Å². The molecule has 0 atom stereocenters. The van der Waals surface area contributed by atoms with Crippen molar-refractivity contribution in [3.8, 4) is 22.5 Å². The van der Waals surface area contributed by atoms with E-state index >= 15 is 0 Å². The first-order chi connectivity index (χ1) is 13.2. The summed E-state index contributed by atoms with van der Waals surface area (Å²) >= 11 is 0. The van der Waals surface area contributed by atoms with Crippen LogP contribution in [0, 0.1) is 0 Å². The number of benzene rings is 1. The van der Waals surface area contributed by atoms with Crippen molar-refractivity contribution in [1.29, 1.82) is 0 Å². The predicted molar refractivity (Wildman–Crippen MR) is 106 cm³/mol. The van der Waals surface area contributed by atoms with E-state index in [2.05, 4.69) is 21.0 Å². The minimum atomic E-state index is -0.442. The van der Waals surface area contributed by atoms with Crippen LogP contribution in [0.4, 0.5) is 10.2 Å². The van der Waals surface area contributed by atoms with E-state index in [-0.39, 0.29) is 6.54 Å². The summed E-state index contributed by atoms with van der Waals surface area (Å²) in [6, 6.07) is 14.0. The van der Waals surface area contributed by atoms with Crippen LogP contribution in [0.3, 0.4) is 0 Å². The number of anilines is 1. The molecule has 27 heavy (non-hydrogen) atoms. The summed E-state index contributed by atoms with van der Waals surface area (Å²) in [5, 5.41) is 0. The van der Waals surface area contributed by atoms with E-state index in [4.69, 9.17) is 0 Å². The molecule has 0 aliphatic heterocycles. The van der Waals surface area contributed by atoms with Crippen LogP contribution in [0.1, 0.15) is 0 Å². The van der Waals surface area contributed by atoms with Gasteiger partial charge in [-0.2, -0.15) is 0 Å². The molecule has 0 saturated heterocycles. The molecule has 1 aromatic carbocycles. The van der Waals surface area contributed by atoms with E-state index in [0.29, 0.717) is 0 Å². The normalized spacial score (nSPS) is 11.1. The van der Waals surface area contributed by atoms with Gasteiger partial charge in [0.15, 0.2) is 0 Å². The zero-order valence-corrected chi connectivity index (χ0v) is 15.3. The van der Waals surface area contributed by atoms with Crippen molar-refractivity contribution in [1.82, 2.24) is 19.5 Å². The van der Waals surface area contributed by atoms with E-state index in [0.717, 1.165) is 39.4 Å². The summed E-state index contributed by atoms with van der Waals surface area (Å²) in [6.45, 7) is -0.170. The number of aryl methyl sites for hydroxylation is 1. The second-order valence-corrected chi connectivity index (χ2v) is 6.52. The minimum Gasteiger partial charge on any atom is -0.363 e. The Bertz CT molecular complexity index is 1050. The fraction of sp³-hybridized carbons (Fsp3) is 0.190. The van der Waals surface area contributed by atoms with E-state index < -0.39 is 6.67 Å². The maximum atomic E-state index is 13.1. The number of pyridine rings is 2. The van der Waals surface area contributed by atoms with Gasteiger partial charge in [-0.3, -0.25) is 4.98 Å². The smallest absolute Gasteiger partial charge is 0.141 e. The fourth-order valence-electron chi connectivity index (χ4n) is 3.15. The van der Waals surface area contributed by atoms with Crippen molar-refractivity contribution in [3.05, 3.63) is 61.1 Å². The first-order valence-electron chi connectivity index (χ1n) is 8.78. The number of alkyl halides is 1. The van der Waals surface area contributed by atoms with Gasteiger partial charge < -0.3 is 9.47 Å². The van der Waals surface area contributed by atoms with Crippen molar-refractivity contribution < 1.29 is 4.39 Å². The average Bonchev–Trinajstić information content (AvgIpc) is 3.07. The van der Waals surface area contributed by atoms with Crippen LogP contribution in [0.15, 0.2) is 61.1 Å². The molecule has 0 unspecified atom stereocenters. The lowest BCUT2D eigenvalue weighted by Crippen LogP contribution is -2.09. The molecule has 4 rings (SSSR count). The Balaban J connectivity index is 1.70. The molecule has 0 amide bonds. The van der Waals surface area contributed by atoms with Gasteiger partial charge in [0.2, 0.25) is 0 Å². The Morgan fingerprint density at radius 2 is 1.67 bits per heavy atom. The van der Waals surface area contributed by atoms with Crippen LogP contribution in [-0.4, -0.2) is 40.3 Å². The minimum absolute atomic E-state index is 0.271. The summed E-state index contributed by atoms with van der Waals surface area (Å²) < 4.78 is 15.0. The number of fused-ring (bicyclic) bond motifs is 1. The number of aromatic nitrogens is 4. The topological polar surface area (TPSA) is 46.8 Å². The molecule has 5 nitrogen and oxygen atoms in total. The molecule has 4 aromatic rings. The van der Waals surface area contributed by atoms with Crippen molar-refractivity contribution in [2.45, 2.75) is 6.54 Å². The lowest BCUT2D eigenvalue weighted by molar-refractivity contribution is 0.451. The van der Waals surface area contributed by atoms with Crippen molar-refractivity contribution in [3.63, 3.8) is 0 Å². The Kier molecular flexibility index (Phi) is 4.54. The molecule has 0 aliphatic carbocycles. The zero-order valence-electron chi connectivity index (χ0n) is 15.3. The summed E-state index contributed by atoms with van der Waals surface area (Å²) in [7, 11) is 3.94. The van der Waals surface area contributed by atoms with Gasteiger partial charge in [0, 0.05) is 37.6 Å². The third-order valence-corrected chi connectivity index (χ3v) is 4.54. The first kappa shape index (κ1) is 17.1. The van der Waals surface area contributed by atoms with E-state index in [1.165, 1.54) is 0 Å². The maximum absolute atomic E-state index is 13.1. The molecular formula is C21H20FN5. The van der Waals surface area contributed by atoms with Crippen LogP contribution < -0.4 is 4.90 Å². The van der Waals surface area contributed by atoms with Crippen LogP contribution in [0.25, 0.3) is 33.5 Å². The molecular weight excluding hydrogens is 341 g/mol. The molecule has 0 bridgehead atoms. The number of imidazole rings is 1. The average molecular weight is 361 g/mol. The molecule has 3 aromatic heterocycles. The standard InChI is InChI=1S/C21H20FN5/c1-26(2)20-8-7-17(13-24-20)15-3-5-16(6-4-15)21-25-18-14-23-11-9-19(18)27(21)12-10-22/h3-9,11,13-14H,10,12H2,1-2H3. The molecule has 0 fully saturated rings. The van der Waals surface area contributed by atoms with E-state index in [1.807, 2.05) is 66.2 Å². The highest BCUT2D eigenvalue weighted by Gasteiger charge is 2.12. The molecule has 136 valence electrons. The Hall–Kier alpha value is -3.28. The van der Waals surface area contributed by atoms with Crippen molar-refractivity contribution in [2.24, 2.45) is 0 Å². The molecule has 0 N–H and O–H groups in total. The third-order valence-electron chi connectivity index (χ3n) is 4.54. The lowest BCUT2D eigenvalue weighted by atomic mass is 10.1. The Labute approximate surface area is 157 Å². The Morgan fingerprint density at radius 3 is 2.33 bits per heavy atom. The Morgan fingerprint density at radius 1 is 0.926 bits per heavy atom. The number of hydrogen-bond donors (Lipinski definition) is 0. The van der Waals surface area contributed by atoms with Gasteiger partial charge in [0.05, 0.1) is 18.3 Å². The second kappa shape index (κ2) is 7.15. The van der Waals surface area contributed by atoms with Crippen molar-refractivity contribution in [2.75, 3.05) is 25.7 Å². The molecule has 0 spiro atoms. The number of rotatable bonds is 5. The van der Waals surface area contributed by atoms with Crippen LogP contribution in [0.5, 0.6) is 0 Å². The third kappa shape index (κ3) is 3.26. The predicted octanol–water partition coefficient (Wildman–Crippen LogP) is 4.20. The van der Waals surface area contributed by atoms with Crippen LogP contribution in [-0.2, 0) is 6.54 Å². The summed E-state index contributed by atoms with van der Waals surface area (Å²) in [4.78, 5) is 15.2. The maximum Gasteiger partial charge on any atom is 0.141 e. The van der Waals surface area contributed by atoms with Crippen LogP contribution >= 0.6 is 0 Å². The highest BCUT2D eigenvalue weighted by molar-refractivity contribution is 5.80. The largest absolute Gasteiger partial charge is 0.363 e. The van der Waals surface area contributed by atoms with Gasteiger partial charge in [-0.15, -0.1) is 0 Å². The second-order valence-electron chi connectivity index (χ2n) is 6.52. The quantitative estimate of drug-likeness (QED) is 0.535. The number of halogens is 1. The molecule has 6 heteroatoms. The molecule has 3 heterocycles. The molecule has 0 saturated carbocycles. The summed E-state index contributed by atoms with van der Waals surface area (Å²) in [5.41, 5.74) is 4.74. The summed E-state index contributed by atoms with van der Waals surface area (Å²) in [5.74, 6) is 1.67. The first-order valence-corrected chi connectivity index (χ1v) is 8.78. The van der Waals surface area contributed by atoms with Gasteiger partial charge >= 0.3 is 0 Å². The highest BCUT2D eigenvalue weighted by atomic mass is 19.1. The number of hydrogen-bond acceptors (Lipinski definition) is 4. The summed E-state index contributed by atoms with van der Waals surface area (Å²) in [6.07, 6.45) is 5.28. The monoisotopic (exact) mass is 361 g/mol. The fourth-order valence-corrected chi connectivity index (χ4v) is 3.15. The SMILES string of the molecule is CN(C)c1ccc(-c2ccc(-c3nc4cnccc4n3CCF)cc2)cn1. The van der Waals surface area contributed by atoms with Gasteiger partial charge in [-0.25, -0.2) is 14.4 Å². The number of nitrogens with zero attached hydrogens (tertiary/aromatic N) is 5. The van der Waals surface area contributed by atoms with Gasteiger partial charge in [-0.05, 0) is 23.8 Å². The molecule has 0 radical (unpaired) electrons. The van der Waals surface area contributed by atoms with Gasteiger partial charge in [-0.1, -0.05) is 24.3 Å². The van der Waals surface area contributed by atoms with E-state index in [9.17, 15) is 4.39 Å². The van der Waals surface area contributed by atoms with Gasteiger partial charge in [0.1, 0.15) is 23.8 Å². The highest BCUT2D eigenvalue weighted by Crippen LogP contribution is 2.27. The lowest BCUT2D eigenvalue weighted by Gasteiger charge is -2.11. The molecule has 0 aliphatic rings. The van der Waals surface area contributed by atoms with E-state index in [1.54, 1.807) is 12.4 Å². The zero-order chi connectivity index (χ0) is 18.8. The van der Waals surface area contributed by atoms with Crippen LogP contribution in [0.2, 0.25) is 0 Å². The van der Waals surface area contributed by atoms with Crippen molar-refractivity contribution >= 4 is 16.9 Å².